The fraction of sp³-hybridized carbons (Fsp3) is 0.267. The van der Waals surface area contributed by atoms with Gasteiger partial charge >= 0.3 is 0 Å². The molecule has 0 bridgehead atoms. The van der Waals surface area contributed by atoms with Crippen LogP contribution in [0.15, 0.2) is 36.5 Å². The van der Waals surface area contributed by atoms with Crippen molar-refractivity contribution in [2.24, 2.45) is 0 Å². The molecule has 2 aromatic heterocycles. The number of aromatic nitrogens is 3. The second-order valence-corrected chi connectivity index (χ2v) is 5.15. The summed E-state index contributed by atoms with van der Waals surface area (Å²) in [6, 6.07) is 11.0. The standard InChI is InChI=1S/C15H15N3/c1-10-2-7-15(11-3-4-11)18(10)13-6-5-12-9-16-17-14(12)8-13/h2,5-9,11H,3-4H2,1H3,(H,16,17). The highest BCUT2D eigenvalue weighted by Crippen LogP contribution is 2.41. The molecule has 3 nitrogen and oxygen atoms in total. The van der Waals surface area contributed by atoms with Crippen molar-refractivity contribution < 1.29 is 0 Å². The van der Waals surface area contributed by atoms with Crippen molar-refractivity contribution in [1.82, 2.24) is 14.8 Å². The summed E-state index contributed by atoms with van der Waals surface area (Å²) < 4.78 is 2.37. The largest absolute Gasteiger partial charge is 0.318 e. The van der Waals surface area contributed by atoms with Gasteiger partial charge in [-0.15, -0.1) is 0 Å². The molecular formula is C15H15N3. The van der Waals surface area contributed by atoms with Crippen LogP contribution in [0.2, 0.25) is 0 Å². The molecule has 1 aliphatic rings. The van der Waals surface area contributed by atoms with Crippen LogP contribution >= 0.6 is 0 Å². The van der Waals surface area contributed by atoms with E-state index in [9.17, 15) is 0 Å². The molecule has 0 amide bonds. The van der Waals surface area contributed by atoms with Crippen LogP contribution in [0.1, 0.15) is 30.1 Å². The summed E-state index contributed by atoms with van der Waals surface area (Å²) in [5.74, 6) is 0.760. The van der Waals surface area contributed by atoms with Crippen LogP contribution in [-0.4, -0.2) is 14.8 Å². The summed E-state index contributed by atoms with van der Waals surface area (Å²) >= 11 is 0. The number of nitrogens with zero attached hydrogens (tertiary/aromatic N) is 2. The van der Waals surface area contributed by atoms with Crippen LogP contribution in [-0.2, 0) is 0 Å². The molecule has 90 valence electrons. The maximum absolute atomic E-state index is 4.08. The number of benzene rings is 1. The molecule has 1 aromatic carbocycles. The van der Waals surface area contributed by atoms with Gasteiger partial charge in [-0.25, -0.2) is 0 Å². The lowest BCUT2D eigenvalue weighted by Crippen LogP contribution is -2.00. The van der Waals surface area contributed by atoms with Gasteiger partial charge in [0, 0.05) is 22.5 Å². The van der Waals surface area contributed by atoms with E-state index in [0.29, 0.717) is 0 Å². The van der Waals surface area contributed by atoms with E-state index in [4.69, 9.17) is 0 Å². The van der Waals surface area contributed by atoms with Crippen LogP contribution in [0.25, 0.3) is 16.6 Å². The molecule has 3 aromatic rings. The van der Waals surface area contributed by atoms with Crippen molar-refractivity contribution in [2.45, 2.75) is 25.7 Å². The van der Waals surface area contributed by atoms with Gasteiger partial charge in [-0.05, 0) is 56.0 Å². The predicted octanol–water partition coefficient (Wildman–Crippen LogP) is 3.54. The summed E-state index contributed by atoms with van der Waals surface area (Å²) in [5.41, 5.74) is 5.08. The molecule has 0 aliphatic heterocycles. The fourth-order valence-electron chi connectivity index (χ4n) is 2.67. The number of hydrogen-bond acceptors (Lipinski definition) is 1. The first-order valence-corrected chi connectivity index (χ1v) is 6.45. The first-order chi connectivity index (χ1) is 8.83. The van der Waals surface area contributed by atoms with Crippen molar-refractivity contribution in [1.29, 1.82) is 0 Å². The Bertz CT molecular complexity index is 716. The van der Waals surface area contributed by atoms with Crippen LogP contribution in [0.3, 0.4) is 0 Å². The maximum Gasteiger partial charge on any atom is 0.0671 e. The highest BCUT2D eigenvalue weighted by molar-refractivity contribution is 5.80. The van der Waals surface area contributed by atoms with Crippen LogP contribution in [0.5, 0.6) is 0 Å². The van der Waals surface area contributed by atoms with Crippen LogP contribution in [0.4, 0.5) is 0 Å². The minimum atomic E-state index is 0.760. The van der Waals surface area contributed by atoms with Gasteiger partial charge in [0.25, 0.3) is 0 Å². The molecule has 1 saturated carbocycles. The van der Waals surface area contributed by atoms with E-state index in [1.165, 1.54) is 29.9 Å². The predicted molar refractivity (Wildman–Crippen MR) is 72.1 cm³/mol. The third-order valence-electron chi connectivity index (χ3n) is 3.79. The number of hydrogen-bond donors (Lipinski definition) is 1. The highest BCUT2D eigenvalue weighted by atomic mass is 15.1. The number of aromatic amines is 1. The molecule has 1 fully saturated rings. The molecule has 2 heterocycles. The number of rotatable bonds is 2. The summed E-state index contributed by atoms with van der Waals surface area (Å²) in [5, 5.41) is 8.29. The molecule has 0 radical (unpaired) electrons. The summed E-state index contributed by atoms with van der Waals surface area (Å²) in [6.45, 7) is 2.17. The second-order valence-electron chi connectivity index (χ2n) is 5.15. The highest BCUT2D eigenvalue weighted by Gasteiger charge is 2.27. The minimum Gasteiger partial charge on any atom is -0.318 e. The zero-order valence-corrected chi connectivity index (χ0v) is 10.4. The topological polar surface area (TPSA) is 33.6 Å². The number of fused-ring (bicyclic) bond motifs is 1. The Morgan fingerprint density at radius 2 is 2.11 bits per heavy atom. The van der Waals surface area contributed by atoms with Gasteiger partial charge < -0.3 is 4.57 Å². The van der Waals surface area contributed by atoms with E-state index >= 15 is 0 Å². The molecule has 0 atom stereocenters. The first-order valence-electron chi connectivity index (χ1n) is 6.45. The molecule has 0 spiro atoms. The summed E-state index contributed by atoms with van der Waals surface area (Å²) in [4.78, 5) is 0. The van der Waals surface area contributed by atoms with E-state index in [1.54, 1.807) is 0 Å². The van der Waals surface area contributed by atoms with Gasteiger partial charge in [0.1, 0.15) is 0 Å². The van der Waals surface area contributed by atoms with Gasteiger partial charge in [0.05, 0.1) is 11.7 Å². The smallest absolute Gasteiger partial charge is 0.0671 e. The van der Waals surface area contributed by atoms with Crippen molar-refractivity contribution in [2.75, 3.05) is 0 Å². The van der Waals surface area contributed by atoms with Crippen LogP contribution < -0.4 is 0 Å². The number of H-pyrrole nitrogens is 1. The maximum atomic E-state index is 4.08. The molecule has 1 aliphatic carbocycles. The van der Waals surface area contributed by atoms with Gasteiger partial charge in [-0.2, -0.15) is 5.10 Å². The van der Waals surface area contributed by atoms with Gasteiger partial charge in [0.15, 0.2) is 0 Å². The average Bonchev–Trinajstić information content (AvgIpc) is 2.99. The van der Waals surface area contributed by atoms with Gasteiger partial charge in [0.2, 0.25) is 0 Å². The van der Waals surface area contributed by atoms with Crippen molar-refractivity contribution >= 4 is 10.9 Å². The van der Waals surface area contributed by atoms with E-state index in [0.717, 1.165) is 16.8 Å². The SMILES string of the molecule is Cc1ccc(C2CC2)n1-c1ccc2cn[nH]c2c1. The molecule has 0 unspecified atom stereocenters. The molecule has 1 N–H and O–H groups in total. The van der Waals surface area contributed by atoms with E-state index in [1.807, 2.05) is 6.20 Å². The normalized spacial score (nSPS) is 15.4. The zero-order chi connectivity index (χ0) is 12.1. The average molecular weight is 237 g/mol. The summed E-state index contributed by atoms with van der Waals surface area (Å²) in [7, 11) is 0. The Balaban J connectivity index is 1.92. The van der Waals surface area contributed by atoms with E-state index in [-0.39, 0.29) is 0 Å². The fourth-order valence-corrected chi connectivity index (χ4v) is 2.67. The third-order valence-corrected chi connectivity index (χ3v) is 3.79. The Morgan fingerprint density at radius 1 is 1.22 bits per heavy atom. The van der Waals surface area contributed by atoms with E-state index < -0.39 is 0 Å². The molecule has 0 saturated heterocycles. The van der Waals surface area contributed by atoms with Crippen molar-refractivity contribution in [3.05, 3.63) is 47.9 Å². The van der Waals surface area contributed by atoms with E-state index in [2.05, 4.69) is 52.0 Å². The third kappa shape index (κ3) is 1.40. The molecule has 4 rings (SSSR count). The van der Waals surface area contributed by atoms with Gasteiger partial charge in [-0.3, -0.25) is 5.10 Å². The Kier molecular flexibility index (Phi) is 1.92. The van der Waals surface area contributed by atoms with Crippen molar-refractivity contribution in [3.8, 4) is 5.69 Å². The van der Waals surface area contributed by atoms with Crippen molar-refractivity contribution in [3.63, 3.8) is 0 Å². The monoisotopic (exact) mass is 237 g/mol. The lowest BCUT2D eigenvalue weighted by molar-refractivity contribution is 0.898. The number of nitrogens with one attached hydrogen (secondary N) is 1. The molecular weight excluding hydrogens is 222 g/mol. The minimum absolute atomic E-state index is 0.760. The Labute approximate surface area is 105 Å². The lowest BCUT2D eigenvalue weighted by atomic mass is 10.2. The van der Waals surface area contributed by atoms with Gasteiger partial charge in [-0.1, -0.05) is 0 Å². The zero-order valence-electron chi connectivity index (χ0n) is 10.4. The lowest BCUT2D eigenvalue weighted by Gasteiger charge is -2.11. The quantitative estimate of drug-likeness (QED) is 0.726. The Morgan fingerprint density at radius 3 is 2.94 bits per heavy atom. The first kappa shape index (κ1) is 9.95. The second kappa shape index (κ2) is 3.48. The van der Waals surface area contributed by atoms with Crippen LogP contribution in [0, 0.1) is 6.92 Å². The number of aryl methyl sites for hydroxylation is 1. The molecule has 18 heavy (non-hydrogen) atoms. The molecule has 3 heteroatoms. The summed E-state index contributed by atoms with van der Waals surface area (Å²) in [6.07, 6.45) is 4.52. The Hall–Kier alpha value is -2.03.